The van der Waals surface area contributed by atoms with Crippen molar-refractivity contribution in [3.63, 3.8) is 0 Å². The van der Waals surface area contributed by atoms with E-state index in [1.807, 2.05) is 36.4 Å². The summed E-state index contributed by atoms with van der Waals surface area (Å²) in [5.74, 6) is -0.384. The Morgan fingerprint density at radius 1 is 1.10 bits per heavy atom. The molecule has 9 nitrogen and oxygen atoms in total. The molecule has 0 saturated heterocycles. The summed E-state index contributed by atoms with van der Waals surface area (Å²) in [6.07, 6.45) is 2.14. The van der Waals surface area contributed by atoms with Gasteiger partial charge in [-0.05, 0) is 49.2 Å². The standard InChI is InChI=1S/C21H20N4O5S/c22-31(28,29)17-10-8-15(9-11-17)21(27)30-13-20(26)23-19-12-18(14-6-7-14)24-25(19)16-4-2-1-3-5-16/h1-5,8-12,14H,6-7,13H2,(H,23,26)(H2,22,28,29). The first-order chi connectivity index (χ1) is 14.8. The molecular formula is C21H20N4O5S. The van der Waals surface area contributed by atoms with Crippen molar-refractivity contribution in [2.24, 2.45) is 5.14 Å². The summed E-state index contributed by atoms with van der Waals surface area (Å²) in [5.41, 5.74) is 1.81. The molecule has 1 aliphatic carbocycles. The number of esters is 1. The number of hydrogen-bond acceptors (Lipinski definition) is 6. The van der Waals surface area contributed by atoms with Gasteiger partial charge in [0.15, 0.2) is 6.61 Å². The smallest absolute Gasteiger partial charge is 0.338 e. The summed E-state index contributed by atoms with van der Waals surface area (Å²) in [7, 11) is -3.86. The molecule has 2 aromatic carbocycles. The minimum atomic E-state index is -3.86. The molecule has 10 heteroatoms. The topological polar surface area (TPSA) is 133 Å². The van der Waals surface area contributed by atoms with E-state index in [9.17, 15) is 18.0 Å². The predicted octanol–water partition coefficient (Wildman–Crippen LogP) is 2.19. The third-order valence-electron chi connectivity index (χ3n) is 4.75. The fourth-order valence-electron chi connectivity index (χ4n) is 3.01. The van der Waals surface area contributed by atoms with Crippen molar-refractivity contribution in [3.05, 3.63) is 71.9 Å². The van der Waals surface area contributed by atoms with Gasteiger partial charge < -0.3 is 10.1 Å². The van der Waals surface area contributed by atoms with Gasteiger partial charge in [0, 0.05) is 12.0 Å². The number of carbonyl (C=O) groups excluding carboxylic acids is 2. The third-order valence-corrected chi connectivity index (χ3v) is 5.67. The number of anilines is 1. The predicted molar refractivity (Wildman–Crippen MR) is 112 cm³/mol. The van der Waals surface area contributed by atoms with Crippen LogP contribution in [0.25, 0.3) is 5.69 Å². The quantitative estimate of drug-likeness (QED) is 0.541. The Bertz CT molecular complexity index is 1220. The first kappa shape index (κ1) is 20.8. The third kappa shape index (κ3) is 4.98. The number of nitrogens with two attached hydrogens (primary N) is 1. The maximum absolute atomic E-state index is 12.4. The van der Waals surface area contributed by atoms with Gasteiger partial charge in [0.2, 0.25) is 10.0 Å². The lowest BCUT2D eigenvalue weighted by Crippen LogP contribution is -2.22. The number of amides is 1. The summed E-state index contributed by atoms with van der Waals surface area (Å²) in [5, 5.41) is 12.4. The molecule has 160 valence electrons. The van der Waals surface area contributed by atoms with Crippen LogP contribution in [-0.2, 0) is 19.6 Å². The number of benzene rings is 2. The molecule has 1 fully saturated rings. The van der Waals surface area contributed by atoms with Gasteiger partial charge in [-0.2, -0.15) is 5.10 Å². The maximum atomic E-state index is 12.4. The van der Waals surface area contributed by atoms with Crippen molar-refractivity contribution >= 4 is 27.7 Å². The van der Waals surface area contributed by atoms with Gasteiger partial charge >= 0.3 is 5.97 Å². The van der Waals surface area contributed by atoms with Gasteiger partial charge in [0.05, 0.1) is 21.8 Å². The Morgan fingerprint density at radius 3 is 2.39 bits per heavy atom. The Balaban J connectivity index is 1.41. The van der Waals surface area contributed by atoms with Crippen LogP contribution >= 0.6 is 0 Å². The highest BCUT2D eigenvalue weighted by Crippen LogP contribution is 2.40. The van der Waals surface area contributed by atoms with Crippen molar-refractivity contribution in [3.8, 4) is 5.69 Å². The van der Waals surface area contributed by atoms with Gasteiger partial charge in [-0.15, -0.1) is 0 Å². The molecule has 1 aliphatic rings. The van der Waals surface area contributed by atoms with Gasteiger partial charge in [-0.25, -0.2) is 23.0 Å². The second-order valence-corrected chi connectivity index (χ2v) is 8.73. The summed E-state index contributed by atoms with van der Waals surface area (Å²) >= 11 is 0. The van der Waals surface area contributed by atoms with Crippen LogP contribution in [0.1, 0.15) is 34.8 Å². The van der Waals surface area contributed by atoms with Crippen molar-refractivity contribution in [1.29, 1.82) is 0 Å². The number of nitrogens with one attached hydrogen (secondary N) is 1. The molecule has 0 aliphatic heterocycles. The number of primary sulfonamides is 1. The molecule has 0 bridgehead atoms. The molecule has 0 unspecified atom stereocenters. The molecule has 1 heterocycles. The molecule has 1 aromatic heterocycles. The van der Waals surface area contributed by atoms with E-state index < -0.39 is 28.5 Å². The summed E-state index contributed by atoms with van der Waals surface area (Å²) in [4.78, 5) is 24.4. The average Bonchev–Trinajstić information content (AvgIpc) is 3.53. The van der Waals surface area contributed by atoms with Crippen LogP contribution in [0.5, 0.6) is 0 Å². The zero-order valence-corrected chi connectivity index (χ0v) is 17.2. The number of sulfonamides is 1. The lowest BCUT2D eigenvalue weighted by molar-refractivity contribution is -0.119. The lowest BCUT2D eigenvalue weighted by Gasteiger charge is -2.09. The molecule has 0 atom stereocenters. The fraction of sp³-hybridized carbons (Fsp3) is 0.190. The van der Waals surface area contributed by atoms with E-state index in [2.05, 4.69) is 10.4 Å². The van der Waals surface area contributed by atoms with Crippen molar-refractivity contribution in [1.82, 2.24) is 9.78 Å². The van der Waals surface area contributed by atoms with Crippen LogP contribution in [0.15, 0.2) is 65.6 Å². The Hall–Kier alpha value is -3.50. The van der Waals surface area contributed by atoms with Gasteiger partial charge in [0.1, 0.15) is 5.82 Å². The highest BCUT2D eigenvalue weighted by molar-refractivity contribution is 7.89. The van der Waals surface area contributed by atoms with Crippen LogP contribution in [0.4, 0.5) is 5.82 Å². The lowest BCUT2D eigenvalue weighted by atomic mass is 10.2. The minimum absolute atomic E-state index is 0.102. The second-order valence-electron chi connectivity index (χ2n) is 7.17. The number of nitrogens with zero attached hydrogens (tertiary/aromatic N) is 2. The highest BCUT2D eigenvalue weighted by atomic mass is 32.2. The van der Waals surface area contributed by atoms with Gasteiger partial charge in [0.25, 0.3) is 5.91 Å². The van der Waals surface area contributed by atoms with E-state index >= 15 is 0 Å². The number of hydrogen-bond donors (Lipinski definition) is 2. The van der Waals surface area contributed by atoms with Gasteiger partial charge in [-0.3, -0.25) is 4.79 Å². The first-order valence-corrected chi connectivity index (χ1v) is 11.1. The number of rotatable bonds is 7. The van der Waals surface area contributed by atoms with Crippen LogP contribution < -0.4 is 10.5 Å². The van der Waals surface area contributed by atoms with Gasteiger partial charge in [-0.1, -0.05) is 18.2 Å². The molecule has 0 radical (unpaired) electrons. The van der Waals surface area contributed by atoms with E-state index in [-0.39, 0.29) is 10.5 Å². The maximum Gasteiger partial charge on any atom is 0.338 e. The van der Waals surface area contributed by atoms with Crippen LogP contribution in [-0.4, -0.2) is 36.7 Å². The van der Waals surface area contributed by atoms with Crippen molar-refractivity contribution in [2.45, 2.75) is 23.7 Å². The van der Waals surface area contributed by atoms with E-state index in [1.165, 1.54) is 24.3 Å². The van der Waals surface area contributed by atoms with Crippen LogP contribution in [0, 0.1) is 0 Å². The number of aromatic nitrogens is 2. The molecule has 31 heavy (non-hydrogen) atoms. The minimum Gasteiger partial charge on any atom is -0.452 e. The summed E-state index contributed by atoms with van der Waals surface area (Å²) in [6, 6.07) is 16.2. The van der Waals surface area contributed by atoms with Crippen molar-refractivity contribution in [2.75, 3.05) is 11.9 Å². The molecule has 0 spiro atoms. The second kappa shape index (κ2) is 8.32. The largest absolute Gasteiger partial charge is 0.452 e. The first-order valence-electron chi connectivity index (χ1n) is 9.56. The molecule has 3 aromatic rings. The van der Waals surface area contributed by atoms with E-state index in [0.717, 1.165) is 24.2 Å². The molecular weight excluding hydrogens is 420 g/mol. The molecule has 4 rings (SSSR count). The van der Waals surface area contributed by atoms with Crippen molar-refractivity contribution < 1.29 is 22.7 Å². The van der Waals surface area contributed by atoms with E-state index in [0.29, 0.717) is 11.7 Å². The fourth-order valence-corrected chi connectivity index (χ4v) is 3.52. The monoisotopic (exact) mass is 440 g/mol. The summed E-state index contributed by atoms with van der Waals surface area (Å²) < 4.78 is 29.3. The number of para-hydroxylation sites is 1. The summed E-state index contributed by atoms with van der Waals surface area (Å²) in [6.45, 7) is -0.505. The van der Waals surface area contributed by atoms with Crippen LogP contribution in [0.3, 0.4) is 0 Å². The number of carbonyl (C=O) groups is 2. The van der Waals surface area contributed by atoms with Crippen LogP contribution in [0.2, 0.25) is 0 Å². The zero-order valence-electron chi connectivity index (χ0n) is 16.4. The van der Waals surface area contributed by atoms with E-state index in [1.54, 1.807) is 4.68 Å². The average molecular weight is 440 g/mol. The highest BCUT2D eigenvalue weighted by Gasteiger charge is 2.28. The Labute approximate surface area is 178 Å². The zero-order chi connectivity index (χ0) is 22.0. The Kier molecular flexibility index (Phi) is 5.57. The normalized spacial score (nSPS) is 13.6. The Morgan fingerprint density at radius 2 is 1.77 bits per heavy atom. The molecule has 1 saturated carbocycles. The molecule has 3 N–H and O–H groups in total. The number of ether oxygens (including phenoxy) is 1. The van der Waals surface area contributed by atoms with E-state index in [4.69, 9.17) is 9.88 Å². The SMILES string of the molecule is NS(=O)(=O)c1ccc(C(=O)OCC(=O)Nc2cc(C3CC3)nn2-c2ccccc2)cc1. The molecule has 1 amide bonds.